The zero-order chi connectivity index (χ0) is 75.5. The van der Waals surface area contributed by atoms with E-state index in [4.69, 9.17) is 37.9 Å². The molecule has 32 nitrogen and oxygen atoms in total. The molecule has 0 saturated carbocycles. The Morgan fingerprint density at radius 3 is 1.36 bits per heavy atom. The molecular weight excluding hydrogens is 1350 g/mol. The van der Waals surface area contributed by atoms with Gasteiger partial charge < -0.3 is 136 Å². The highest BCUT2D eigenvalue weighted by Gasteiger charge is 2.62. The molecule has 24 atom stereocenters. The van der Waals surface area contributed by atoms with Gasteiger partial charge in [-0.15, -0.1) is 0 Å². The van der Waals surface area contributed by atoms with Crippen LogP contribution in [0.25, 0.3) is 0 Å². The first-order chi connectivity index (χ1) is 48.7. The average molecular weight is 1470 g/mol. The summed E-state index contributed by atoms with van der Waals surface area (Å²) in [5.74, 6) is -13.1. The Bertz CT molecular complexity index is 2360. The van der Waals surface area contributed by atoms with Crippen LogP contribution in [0, 0.1) is 0 Å². The predicted molar refractivity (Wildman–Crippen MR) is 363 cm³/mol. The van der Waals surface area contributed by atoms with Crippen LogP contribution in [0.5, 0.6) is 0 Å². The minimum atomic E-state index is -3.39. The number of ether oxygens (including phenoxy) is 8. The lowest BCUT2D eigenvalue weighted by Crippen LogP contribution is -2.72. The Morgan fingerprint density at radius 1 is 0.490 bits per heavy atom. The van der Waals surface area contributed by atoms with E-state index in [1.165, 1.54) is 116 Å². The Morgan fingerprint density at radius 2 is 0.922 bits per heavy atom. The van der Waals surface area contributed by atoms with Crippen molar-refractivity contribution in [3.05, 3.63) is 0 Å². The van der Waals surface area contributed by atoms with E-state index in [0.717, 1.165) is 65.2 Å². The van der Waals surface area contributed by atoms with Gasteiger partial charge in [0, 0.05) is 33.1 Å². The molecule has 4 saturated heterocycles. The number of carboxylic acid groups (broad SMARTS) is 2. The van der Waals surface area contributed by atoms with Gasteiger partial charge in [0.05, 0.1) is 69.5 Å². The first-order valence-electron chi connectivity index (χ1n) is 37.5. The average Bonchev–Trinajstić information content (AvgIpc) is 0.755. The quantitative estimate of drug-likeness (QED) is 0.0370. The molecule has 0 aliphatic carbocycles. The van der Waals surface area contributed by atoms with Crippen LogP contribution in [-0.4, -0.2) is 290 Å². The Hall–Kier alpha value is -3.53. The second-order valence-corrected chi connectivity index (χ2v) is 28.2. The van der Waals surface area contributed by atoms with Crippen LogP contribution in [0.3, 0.4) is 0 Å². The number of rotatable bonds is 53. The molecule has 0 spiro atoms. The lowest BCUT2D eigenvalue weighted by atomic mass is 9.87. The molecule has 4 fully saturated rings. The number of unbranched alkanes of at least 4 members (excludes halogenated alkanes) is 26. The Kier molecular flexibility index (Phi) is 42.8. The lowest BCUT2D eigenvalue weighted by molar-refractivity contribution is -0.388. The number of nitrogens with one attached hydrogen (secondary N) is 3. The van der Waals surface area contributed by atoms with Crippen molar-refractivity contribution < 1.29 is 144 Å². The smallest absolute Gasteiger partial charge is 0.364 e. The van der Waals surface area contributed by atoms with Gasteiger partial charge >= 0.3 is 11.9 Å². The van der Waals surface area contributed by atoms with Crippen molar-refractivity contribution in [1.29, 1.82) is 0 Å². The summed E-state index contributed by atoms with van der Waals surface area (Å²) in [7, 11) is 0. The number of hydrogen-bond acceptors (Lipinski definition) is 27. The van der Waals surface area contributed by atoms with Crippen molar-refractivity contribution in [1.82, 2.24) is 16.0 Å². The maximum Gasteiger partial charge on any atom is 0.364 e. The van der Waals surface area contributed by atoms with E-state index in [9.17, 15) is 106 Å². The molecule has 4 aliphatic rings. The molecule has 0 aromatic heterocycles. The van der Waals surface area contributed by atoms with Crippen LogP contribution < -0.4 is 16.0 Å². The van der Waals surface area contributed by atoms with E-state index in [2.05, 4.69) is 29.8 Å². The van der Waals surface area contributed by atoms with Crippen molar-refractivity contribution in [3.63, 3.8) is 0 Å². The second kappa shape index (κ2) is 48.0. The van der Waals surface area contributed by atoms with Crippen LogP contribution in [0.15, 0.2) is 0 Å². The fraction of sp³-hybridized carbons (Fsp3) is 0.929. The number of carbonyl (C=O) groups is 5. The molecule has 32 heteroatoms. The highest BCUT2D eigenvalue weighted by atomic mass is 16.8. The summed E-state index contributed by atoms with van der Waals surface area (Å²) in [5.41, 5.74) is 0. The summed E-state index contributed by atoms with van der Waals surface area (Å²) in [6, 6.07) is -4.63. The Labute approximate surface area is 599 Å². The number of aliphatic carboxylic acids is 2. The molecular formula is C70H127N3O29. The Balaban J connectivity index is 1.49. The summed E-state index contributed by atoms with van der Waals surface area (Å²) in [6.07, 6.45) is -9.93. The van der Waals surface area contributed by atoms with Gasteiger partial charge in [-0.05, 0) is 12.8 Å². The highest BCUT2D eigenvalue weighted by Crippen LogP contribution is 2.41. The monoisotopic (exact) mass is 1470 g/mol. The van der Waals surface area contributed by atoms with Crippen LogP contribution in [0.2, 0.25) is 0 Å². The van der Waals surface area contributed by atoms with Gasteiger partial charge in [0.1, 0.15) is 85.5 Å². The molecule has 102 heavy (non-hydrogen) atoms. The number of aliphatic hydroxyl groups is 14. The summed E-state index contributed by atoms with van der Waals surface area (Å²) < 4.78 is 46.5. The van der Waals surface area contributed by atoms with Crippen molar-refractivity contribution in [2.45, 2.75) is 379 Å². The van der Waals surface area contributed by atoms with E-state index in [1.807, 2.05) is 0 Å². The van der Waals surface area contributed by atoms with Crippen LogP contribution in [0.1, 0.15) is 233 Å². The van der Waals surface area contributed by atoms with E-state index in [-0.39, 0.29) is 12.3 Å². The summed E-state index contributed by atoms with van der Waals surface area (Å²) >= 11 is 0. The standard InChI is InChI=1S/C70H127N3O29/c1-5-7-9-11-13-15-17-19-20-22-24-26-28-30-32-34-52(84)73-44(45(80)33-31-29-27-25-23-21-18-16-14-12-10-8-6-2)41-95-65-59(89)58(88)61(51(40-77)97-65)98-66-60(90)64(56(86)49(38-75)96-66)102-70(68(93)94)36-47(82)54(72-43(4)79)63(101-70)57(87)50(39-76)99-69(67(91)92)35-46(81)53(71-42(3)78)62(100-69)55(85)48(83)37-74/h44-51,53-66,74-77,80-83,85-90H,5-41H2,1-4H3,(H,71,78)(H,72,79)(H,73,84)(H,91,92)(H,93,94). The summed E-state index contributed by atoms with van der Waals surface area (Å²) in [5, 5.41) is 185. The lowest BCUT2D eigenvalue weighted by Gasteiger charge is -2.51. The third-order valence-electron chi connectivity index (χ3n) is 19.8. The maximum absolute atomic E-state index is 13.6. The molecule has 4 aliphatic heterocycles. The predicted octanol–water partition coefficient (Wildman–Crippen LogP) is 0.563. The highest BCUT2D eigenvalue weighted by molar-refractivity contribution is 5.78. The molecule has 4 rings (SSSR count). The number of hydrogen-bond donors (Lipinski definition) is 19. The van der Waals surface area contributed by atoms with Crippen molar-refractivity contribution in [3.8, 4) is 0 Å². The van der Waals surface area contributed by atoms with Gasteiger partial charge in [0.25, 0.3) is 11.6 Å². The largest absolute Gasteiger partial charge is 0.477 e. The zero-order valence-electron chi connectivity index (χ0n) is 60.3. The van der Waals surface area contributed by atoms with Crippen molar-refractivity contribution >= 4 is 29.7 Å². The minimum Gasteiger partial charge on any atom is -0.477 e. The number of aliphatic hydroxyl groups excluding tert-OH is 14. The SMILES string of the molecule is CCCCCCCCCCCCCCCCCC(=O)NC(COC1OC(CO)C(OC2OC(CO)C(O)C(OC3(C(=O)O)CC(O)C(NC(C)=O)C(C(O)C(CO)OC4(C(=O)O)CC(O)C(NC(C)=O)C(C(O)C(O)CO)O4)O3)C2O)C(O)C1O)C(O)CCCCCCCCCCCCCCC. The molecule has 24 unspecified atom stereocenters. The molecule has 0 aromatic rings. The van der Waals surface area contributed by atoms with Crippen molar-refractivity contribution in [2.75, 3.05) is 33.0 Å². The van der Waals surface area contributed by atoms with Gasteiger partial charge in [-0.25, -0.2) is 9.59 Å². The first-order valence-corrected chi connectivity index (χ1v) is 37.5. The number of carboxylic acids is 2. The number of amides is 3. The third-order valence-corrected chi connectivity index (χ3v) is 19.8. The van der Waals surface area contributed by atoms with Gasteiger partial charge in [0.2, 0.25) is 17.7 Å². The van der Waals surface area contributed by atoms with Crippen molar-refractivity contribution in [2.24, 2.45) is 0 Å². The molecule has 0 aromatic carbocycles. The van der Waals surface area contributed by atoms with Gasteiger partial charge in [-0.1, -0.05) is 187 Å². The van der Waals surface area contributed by atoms with Crippen LogP contribution in [-0.2, 0) is 61.9 Å². The molecule has 19 N–H and O–H groups in total. The molecule has 0 bridgehead atoms. The molecule has 0 radical (unpaired) electrons. The van der Waals surface area contributed by atoms with Gasteiger partial charge in [0.15, 0.2) is 12.6 Å². The van der Waals surface area contributed by atoms with Crippen LogP contribution >= 0.6 is 0 Å². The van der Waals surface area contributed by atoms with E-state index < -0.39 is 216 Å². The first kappa shape index (κ1) is 90.9. The summed E-state index contributed by atoms with van der Waals surface area (Å²) in [4.78, 5) is 65.0. The third kappa shape index (κ3) is 28.6. The minimum absolute atomic E-state index is 0.179. The van der Waals surface area contributed by atoms with E-state index in [1.54, 1.807) is 0 Å². The fourth-order valence-electron chi connectivity index (χ4n) is 13.8. The van der Waals surface area contributed by atoms with Gasteiger partial charge in [-0.3, -0.25) is 14.4 Å². The number of carbonyl (C=O) groups excluding carboxylic acids is 3. The van der Waals surface area contributed by atoms with E-state index >= 15 is 0 Å². The normalized spacial score (nSPS) is 31.7. The van der Waals surface area contributed by atoms with Crippen LogP contribution in [0.4, 0.5) is 0 Å². The zero-order valence-corrected chi connectivity index (χ0v) is 60.3. The fourth-order valence-corrected chi connectivity index (χ4v) is 13.8. The molecule has 596 valence electrons. The maximum atomic E-state index is 13.6. The van der Waals surface area contributed by atoms with E-state index in [0.29, 0.717) is 19.3 Å². The molecule has 3 amide bonds. The molecule has 4 heterocycles. The summed E-state index contributed by atoms with van der Waals surface area (Å²) in [6.45, 7) is 1.18. The van der Waals surface area contributed by atoms with Gasteiger partial charge in [-0.2, -0.15) is 0 Å². The topological polar surface area (TPSA) is 519 Å². The second-order valence-electron chi connectivity index (χ2n) is 28.2.